The molecule has 1 rings (SSSR count). The van der Waals surface area contributed by atoms with Crippen molar-refractivity contribution in [3.63, 3.8) is 0 Å². The maximum Gasteiger partial charge on any atom is 0.104 e. The summed E-state index contributed by atoms with van der Waals surface area (Å²) in [6.45, 7) is 3.37. The minimum Gasteiger partial charge on any atom is -0.469 e. The molecule has 0 aliphatic rings. The first-order valence-electron chi connectivity index (χ1n) is 4.89. The fourth-order valence-electron chi connectivity index (χ4n) is 1.57. The van der Waals surface area contributed by atoms with Crippen molar-refractivity contribution >= 4 is 12.4 Å². The molecule has 0 saturated heterocycles. The summed E-state index contributed by atoms with van der Waals surface area (Å²) in [5, 5.41) is 0. The highest BCUT2D eigenvalue weighted by Gasteiger charge is 2.09. The van der Waals surface area contributed by atoms with E-state index in [1.807, 2.05) is 6.07 Å². The van der Waals surface area contributed by atoms with E-state index in [0.717, 1.165) is 18.7 Å². The van der Waals surface area contributed by atoms with Crippen LogP contribution in [0.15, 0.2) is 22.8 Å². The number of nitrogens with zero attached hydrogens (tertiary/aromatic N) is 1. The highest BCUT2D eigenvalue weighted by molar-refractivity contribution is 5.85. The normalized spacial score (nSPS) is 12.6. The topological polar surface area (TPSA) is 16.4 Å². The molecule has 2 nitrogen and oxygen atoms in total. The monoisotopic (exact) mass is 217 g/mol. The predicted octanol–water partition coefficient (Wildman–Crippen LogP) is 2.83. The van der Waals surface area contributed by atoms with Crippen LogP contribution in [0.25, 0.3) is 0 Å². The van der Waals surface area contributed by atoms with Crippen molar-refractivity contribution in [3.8, 4) is 0 Å². The molecule has 3 heteroatoms. The molecule has 0 bridgehead atoms. The standard InChI is InChI=1S/C11H19NO.ClH/c1-4-10(9-12(2)3)8-11-6-5-7-13-11;/h5-7,10H,4,8-9H2,1-3H3;1H. The minimum absolute atomic E-state index is 0. The van der Waals surface area contributed by atoms with Crippen molar-refractivity contribution in [1.29, 1.82) is 0 Å². The first-order valence-corrected chi connectivity index (χ1v) is 4.89. The molecule has 1 unspecified atom stereocenters. The molecule has 0 fully saturated rings. The van der Waals surface area contributed by atoms with Crippen LogP contribution in [-0.4, -0.2) is 25.5 Å². The summed E-state index contributed by atoms with van der Waals surface area (Å²) in [6.07, 6.45) is 4.01. The lowest BCUT2D eigenvalue weighted by Gasteiger charge is -2.18. The molecule has 0 N–H and O–H groups in total. The van der Waals surface area contributed by atoms with Crippen LogP contribution in [-0.2, 0) is 6.42 Å². The highest BCUT2D eigenvalue weighted by Crippen LogP contribution is 2.13. The zero-order valence-corrected chi connectivity index (χ0v) is 10.0. The summed E-state index contributed by atoms with van der Waals surface area (Å²) in [4.78, 5) is 2.23. The molecule has 1 aromatic heterocycles. The maximum absolute atomic E-state index is 5.33. The summed E-state index contributed by atoms with van der Waals surface area (Å²) in [6, 6.07) is 4.01. The number of furan rings is 1. The third kappa shape index (κ3) is 4.68. The molecular weight excluding hydrogens is 198 g/mol. The first kappa shape index (κ1) is 13.5. The quantitative estimate of drug-likeness (QED) is 0.754. The molecule has 1 heterocycles. The van der Waals surface area contributed by atoms with Gasteiger partial charge in [-0.15, -0.1) is 12.4 Å². The Hall–Kier alpha value is -0.470. The number of hydrogen-bond donors (Lipinski definition) is 0. The molecule has 1 aromatic rings. The average molecular weight is 218 g/mol. The van der Waals surface area contributed by atoms with E-state index < -0.39 is 0 Å². The molecule has 0 spiro atoms. The van der Waals surface area contributed by atoms with Gasteiger partial charge in [0.05, 0.1) is 6.26 Å². The van der Waals surface area contributed by atoms with Crippen LogP contribution in [0.5, 0.6) is 0 Å². The fourth-order valence-corrected chi connectivity index (χ4v) is 1.57. The average Bonchev–Trinajstić information content (AvgIpc) is 2.55. The largest absolute Gasteiger partial charge is 0.469 e. The van der Waals surface area contributed by atoms with E-state index in [2.05, 4.69) is 32.0 Å². The lowest BCUT2D eigenvalue weighted by Crippen LogP contribution is -2.22. The zero-order chi connectivity index (χ0) is 9.68. The second kappa shape index (κ2) is 6.91. The van der Waals surface area contributed by atoms with Crippen LogP contribution in [0.3, 0.4) is 0 Å². The Morgan fingerprint density at radius 1 is 1.43 bits per heavy atom. The van der Waals surface area contributed by atoms with Crippen LogP contribution >= 0.6 is 12.4 Å². The second-order valence-corrected chi connectivity index (χ2v) is 3.82. The van der Waals surface area contributed by atoms with Gasteiger partial charge in [-0.1, -0.05) is 13.3 Å². The molecule has 0 aliphatic carbocycles. The number of rotatable bonds is 5. The van der Waals surface area contributed by atoms with Gasteiger partial charge >= 0.3 is 0 Å². The van der Waals surface area contributed by atoms with Gasteiger partial charge in [-0.05, 0) is 32.1 Å². The molecule has 0 aromatic carbocycles. The van der Waals surface area contributed by atoms with Gasteiger partial charge in [0.25, 0.3) is 0 Å². The van der Waals surface area contributed by atoms with Gasteiger partial charge in [0.1, 0.15) is 5.76 Å². The molecule has 82 valence electrons. The van der Waals surface area contributed by atoms with Gasteiger partial charge in [-0.3, -0.25) is 0 Å². The third-order valence-electron chi connectivity index (χ3n) is 2.27. The smallest absolute Gasteiger partial charge is 0.104 e. The SMILES string of the molecule is CCC(Cc1ccco1)CN(C)C.Cl. The van der Waals surface area contributed by atoms with E-state index in [9.17, 15) is 0 Å². The molecular formula is C11H20ClNO. The Bertz CT molecular complexity index is 221. The van der Waals surface area contributed by atoms with Gasteiger partial charge in [0.15, 0.2) is 0 Å². The summed E-state index contributed by atoms with van der Waals surface area (Å²) < 4.78 is 5.33. The fraction of sp³-hybridized carbons (Fsp3) is 0.636. The van der Waals surface area contributed by atoms with Gasteiger partial charge in [-0.2, -0.15) is 0 Å². The van der Waals surface area contributed by atoms with Crippen LogP contribution in [0.2, 0.25) is 0 Å². The summed E-state index contributed by atoms with van der Waals surface area (Å²) in [7, 11) is 4.23. The van der Waals surface area contributed by atoms with Crippen molar-refractivity contribution in [2.45, 2.75) is 19.8 Å². The van der Waals surface area contributed by atoms with Crippen LogP contribution < -0.4 is 0 Å². The van der Waals surface area contributed by atoms with Gasteiger partial charge in [-0.25, -0.2) is 0 Å². The van der Waals surface area contributed by atoms with E-state index in [1.165, 1.54) is 6.42 Å². The van der Waals surface area contributed by atoms with E-state index in [-0.39, 0.29) is 12.4 Å². The molecule has 0 aliphatic heterocycles. The summed E-state index contributed by atoms with van der Waals surface area (Å²) >= 11 is 0. The van der Waals surface area contributed by atoms with E-state index in [0.29, 0.717) is 5.92 Å². The van der Waals surface area contributed by atoms with Crippen molar-refractivity contribution in [1.82, 2.24) is 4.90 Å². The lowest BCUT2D eigenvalue weighted by atomic mass is 10.0. The third-order valence-corrected chi connectivity index (χ3v) is 2.27. The first-order chi connectivity index (χ1) is 6.22. The van der Waals surface area contributed by atoms with Crippen molar-refractivity contribution in [3.05, 3.63) is 24.2 Å². The Labute approximate surface area is 92.7 Å². The van der Waals surface area contributed by atoms with Crippen LogP contribution in [0, 0.1) is 5.92 Å². The Morgan fingerprint density at radius 3 is 2.57 bits per heavy atom. The van der Waals surface area contributed by atoms with Gasteiger partial charge in [0, 0.05) is 13.0 Å². The van der Waals surface area contributed by atoms with Gasteiger partial charge < -0.3 is 9.32 Å². The Morgan fingerprint density at radius 2 is 2.14 bits per heavy atom. The van der Waals surface area contributed by atoms with Crippen LogP contribution in [0.4, 0.5) is 0 Å². The van der Waals surface area contributed by atoms with Crippen molar-refractivity contribution in [2.24, 2.45) is 5.92 Å². The molecule has 0 radical (unpaired) electrons. The van der Waals surface area contributed by atoms with Gasteiger partial charge in [0.2, 0.25) is 0 Å². The molecule has 0 amide bonds. The highest BCUT2D eigenvalue weighted by atomic mass is 35.5. The zero-order valence-electron chi connectivity index (χ0n) is 9.19. The molecule has 14 heavy (non-hydrogen) atoms. The van der Waals surface area contributed by atoms with E-state index >= 15 is 0 Å². The Balaban J connectivity index is 0.00000169. The molecule has 1 atom stereocenters. The summed E-state index contributed by atoms with van der Waals surface area (Å²) in [5.41, 5.74) is 0. The number of hydrogen-bond acceptors (Lipinski definition) is 2. The minimum atomic E-state index is 0. The maximum atomic E-state index is 5.33. The van der Waals surface area contributed by atoms with E-state index in [1.54, 1.807) is 6.26 Å². The van der Waals surface area contributed by atoms with Crippen LogP contribution in [0.1, 0.15) is 19.1 Å². The number of halogens is 1. The predicted molar refractivity (Wildman–Crippen MR) is 62.0 cm³/mol. The summed E-state index contributed by atoms with van der Waals surface area (Å²) in [5.74, 6) is 1.81. The van der Waals surface area contributed by atoms with E-state index in [4.69, 9.17) is 4.42 Å². The molecule has 0 saturated carbocycles. The lowest BCUT2D eigenvalue weighted by molar-refractivity contribution is 0.304. The van der Waals surface area contributed by atoms with Crippen molar-refractivity contribution < 1.29 is 4.42 Å². The van der Waals surface area contributed by atoms with Crippen molar-refractivity contribution in [2.75, 3.05) is 20.6 Å². The second-order valence-electron chi connectivity index (χ2n) is 3.82. The Kier molecular flexibility index (Phi) is 6.67.